The Kier molecular flexibility index (Phi) is 8.07. The fourth-order valence-electron chi connectivity index (χ4n) is 4.76. The molecule has 2 nitrogen and oxygen atoms in total. The molecule has 2 unspecified atom stereocenters. The van der Waals surface area contributed by atoms with E-state index in [2.05, 4.69) is 72.8 Å². The van der Waals surface area contributed by atoms with E-state index in [4.69, 9.17) is 0 Å². The van der Waals surface area contributed by atoms with Gasteiger partial charge in [-0.3, -0.25) is 0 Å². The van der Waals surface area contributed by atoms with Crippen molar-refractivity contribution in [2.24, 2.45) is 0 Å². The molecular formula is C29H32O2P2. The van der Waals surface area contributed by atoms with Crippen LogP contribution in [0.25, 0.3) is 0 Å². The van der Waals surface area contributed by atoms with E-state index in [9.17, 15) is 10.2 Å². The molecule has 0 saturated carbocycles. The summed E-state index contributed by atoms with van der Waals surface area (Å²) in [5.74, 6) is -0.552. The van der Waals surface area contributed by atoms with Crippen molar-refractivity contribution in [3.8, 4) is 0 Å². The van der Waals surface area contributed by atoms with E-state index in [0.717, 1.165) is 0 Å². The number of hydrogen-bond acceptors (Lipinski definition) is 2. The van der Waals surface area contributed by atoms with Gasteiger partial charge in [0.25, 0.3) is 0 Å². The average molecular weight is 475 g/mol. The molecule has 0 radical (unpaired) electrons. The van der Waals surface area contributed by atoms with Crippen LogP contribution in [0.15, 0.2) is 121 Å². The van der Waals surface area contributed by atoms with Gasteiger partial charge in [0.05, 0.1) is 0 Å². The fourth-order valence-corrected chi connectivity index (χ4v) is 13.0. The van der Waals surface area contributed by atoms with E-state index < -0.39 is 27.1 Å². The normalized spacial score (nSPS) is 14.1. The first-order valence-corrected chi connectivity index (χ1v) is 15.3. The van der Waals surface area contributed by atoms with Gasteiger partial charge in [0.1, 0.15) is 0 Å². The topological polar surface area (TPSA) is 40.5 Å². The van der Waals surface area contributed by atoms with E-state index in [1.165, 1.54) is 21.2 Å². The molecular weight excluding hydrogens is 442 g/mol. The van der Waals surface area contributed by atoms with Crippen LogP contribution in [0.5, 0.6) is 0 Å². The van der Waals surface area contributed by atoms with Gasteiger partial charge >= 0.3 is 199 Å². The molecule has 4 heteroatoms. The SMILES string of the molecule is CC(O)C[PH](c1ccccc1)(c1ccccc1)C(O)CP(c1ccccc1)c1ccccc1. The van der Waals surface area contributed by atoms with Crippen LogP contribution in [0.4, 0.5) is 0 Å². The third-order valence-corrected chi connectivity index (χ3v) is 14.5. The summed E-state index contributed by atoms with van der Waals surface area (Å²) < 4.78 is 0. The van der Waals surface area contributed by atoms with Gasteiger partial charge in [-0.15, -0.1) is 0 Å². The van der Waals surface area contributed by atoms with Crippen LogP contribution in [0.3, 0.4) is 0 Å². The summed E-state index contributed by atoms with van der Waals surface area (Å²) in [5, 5.41) is 27.7. The molecule has 0 amide bonds. The van der Waals surface area contributed by atoms with Crippen molar-refractivity contribution >= 4 is 36.4 Å². The maximum atomic E-state index is 12.2. The molecule has 0 aliphatic rings. The number of aliphatic hydroxyl groups excluding tert-OH is 2. The van der Waals surface area contributed by atoms with E-state index in [0.29, 0.717) is 12.3 Å². The Morgan fingerprint density at radius 3 is 1.33 bits per heavy atom. The van der Waals surface area contributed by atoms with Crippen LogP contribution in [0, 0.1) is 0 Å². The molecule has 33 heavy (non-hydrogen) atoms. The summed E-state index contributed by atoms with van der Waals surface area (Å²) in [4.78, 5) is 0. The van der Waals surface area contributed by atoms with E-state index in [1.54, 1.807) is 0 Å². The van der Waals surface area contributed by atoms with Crippen molar-refractivity contribution in [3.05, 3.63) is 121 Å². The van der Waals surface area contributed by atoms with Crippen molar-refractivity contribution in [3.63, 3.8) is 0 Å². The van der Waals surface area contributed by atoms with Crippen LogP contribution in [-0.4, -0.2) is 34.5 Å². The van der Waals surface area contributed by atoms with Crippen LogP contribution in [-0.2, 0) is 0 Å². The summed E-state index contributed by atoms with van der Waals surface area (Å²) >= 11 is 0. The molecule has 4 rings (SSSR count). The predicted molar refractivity (Wildman–Crippen MR) is 147 cm³/mol. The van der Waals surface area contributed by atoms with Crippen molar-refractivity contribution in [1.82, 2.24) is 0 Å². The van der Waals surface area contributed by atoms with E-state index in [1.807, 2.05) is 55.5 Å². The molecule has 4 aromatic rings. The Morgan fingerprint density at radius 1 is 0.606 bits per heavy atom. The molecule has 0 spiro atoms. The van der Waals surface area contributed by atoms with Crippen molar-refractivity contribution in [1.29, 1.82) is 0 Å². The third kappa shape index (κ3) is 5.43. The maximum absolute atomic E-state index is 12.2. The van der Waals surface area contributed by atoms with Gasteiger partial charge in [0.15, 0.2) is 0 Å². The molecule has 0 fully saturated rings. The third-order valence-electron chi connectivity index (χ3n) is 6.26. The van der Waals surface area contributed by atoms with Crippen molar-refractivity contribution in [2.75, 3.05) is 12.3 Å². The Morgan fingerprint density at radius 2 is 0.970 bits per heavy atom. The zero-order chi connectivity index (χ0) is 23.1. The van der Waals surface area contributed by atoms with Crippen LogP contribution >= 0.6 is 15.2 Å². The Balaban J connectivity index is 1.84. The minimum absolute atomic E-state index is 0.508. The fraction of sp³-hybridized carbons (Fsp3) is 0.172. The molecule has 2 N–H and O–H groups in total. The first-order valence-electron chi connectivity index (χ1n) is 11.5. The number of hydrogen-bond donors (Lipinski definition) is 2. The summed E-state index contributed by atoms with van der Waals surface area (Å²) in [6, 6.07) is 41.9. The second kappa shape index (κ2) is 11.2. The van der Waals surface area contributed by atoms with Gasteiger partial charge in [-0.2, -0.15) is 0 Å². The average Bonchev–Trinajstić information content (AvgIpc) is 2.87. The Bertz CT molecular complexity index is 1020. The predicted octanol–water partition coefficient (Wildman–Crippen LogP) is 4.22. The molecule has 0 aromatic heterocycles. The molecule has 170 valence electrons. The monoisotopic (exact) mass is 474 g/mol. The zero-order valence-electron chi connectivity index (χ0n) is 19.0. The molecule has 2 atom stereocenters. The van der Waals surface area contributed by atoms with Gasteiger partial charge in [0, 0.05) is 0 Å². The first-order chi connectivity index (χ1) is 16.1. The summed E-state index contributed by atoms with van der Waals surface area (Å²) in [6.45, 7) is 1.84. The summed E-state index contributed by atoms with van der Waals surface area (Å²) in [5.41, 5.74) is 0. The number of benzene rings is 4. The van der Waals surface area contributed by atoms with Gasteiger partial charge in [-0.05, 0) is 0 Å². The molecule has 4 aromatic carbocycles. The van der Waals surface area contributed by atoms with Gasteiger partial charge < -0.3 is 0 Å². The van der Waals surface area contributed by atoms with Crippen LogP contribution in [0.1, 0.15) is 6.92 Å². The zero-order valence-corrected chi connectivity index (χ0v) is 20.9. The Labute approximate surface area is 199 Å². The summed E-state index contributed by atoms with van der Waals surface area (Å²) in [6.07, 6.45) is 0.729. The van der Waals surface area contributed by atoms with Gasteiger partial charge in [-0.1, -0.05) is 0 Å². The van der Waals surface area contributed by atoms with E-state index >= 15 is 0 Å². The molecule has 0 aliphatic heterocycles. The van der Waals surface area contributed by atoms with Crippen molar-refractivity contribution < 1.29 is 10.2 Å². The standard InChI is InChI=1S/C29H32O2P2/c1-24(30)23-33(27-18-10-4-11-19-27,28-20-12-5-13-21-28)29(31)22-32(25-14-6-2-7-15-25)26-16-8-3-9-17-26/h2-21,24,29-31,33H,22-23H2,1H3. The molecule has 0 bridgehead atoms. The minimum atomic E-state index is -2.72. The molecule has 0 heterocycles. The number of rotatable bonds is 9. The van der Waals surface area contributed by atoms with E-state index in [-0.39, 0.29) is 0 Å². The second-order valence-electron chi connectivity index (χ2n) is 8.55. The summed E-state index contributed by atoms with van der Waals surface area (Å²) in [7, 11) is -3.48. The molecule has 0 aliphatic carbocycles. The quantitative estimate of drug-likeness (QED) is 0.357. The van der Waals surface area contributed by atoms with Crippen LogP contribution < -0.4 is 21.2 Å². The van der Waals surface area contributed by atoms with Gasteiger partial charge in [0.2, 0.25) is 0 Å². The first kappa shape index (κ1) is 23.8. The Hall–Kier alpha value is -2.34. The van der Waals surface area contributed by atoms with Gasteiger partial charge in [-0.25, -0.2) is 0 Å². The molecule has 0 saturated heterocycles. The second-order valence-corrected chi connectivity index (χ2v) is 15.0. The van der Waals surface area contributed by atoms with Crippen molar-refractivity contribution in [2.45, 2.75) is 18.9 Å². The number of aliphatic hydroxyl groups is 2. The van der Waals surface area contributed by atoms with Crippen LogP contribution in [0.2, 0.25) is 0 Å².